The van der Waals surface area contributed by atoms with Gasteiger partial charge in [-0.3, -0.25) is 14.4 Å². The molecule has 0 aliphatic rings. The van der Waals surface area contributed by atoms with Crippen LogP contribution in [0.5, 0.6) is 0 Å². The Bertz CT molecular complexity index is 1460. The summed E-state index contributed by atoms with van der Waals surface area (Å²) in [5, 5.41) is 5.03. The summed E-state index contributed by atoms with van der Waals surface area (Å²) >= 11 is 0. The van der Waals surface area contributed by atoms with Crippen molar-refractivity contribution in [1.29, 1.82) is 0 Å². The van der Waals surface area contributed by atoms with E-state index >= 15 is 0 Å². The van der Waals surface area contributed by atoms with Crippen LogP contribution in [0.15, 0.2) is 47.4 Å². The number of benzene rings is 1. The lowest BCUT2D eigenvalue weighted by Crippen LogP contribution is -2.44. The maximum Gasteiger partial charge on any atom is 0.407 e. The van der Waals surface area contributed by atoms with Crippen molar-refractivity contribution < 1.29 is 23.5 Å². The number of ether oxygens (including phenoxy) is 1. The SMILES string of the molecule is COC(=O)NC(CC/C=C/C(=O)N(C)C)C(=O)Nc1cccn(Cc2nc3c(CC(C)C)cc(F)cc3[nH]2)c1=O. The van der Waals surface area contributed by atoms with Gasteiger partial charge in [-0.15, -0.1) is 0 Å². The number of likely N-dealkylation sites (N-methyl/N-ethyl adjacent to an activating group) is 1. The zero-order valence-electron chi connectivity index (χ0n) is 23.3. The summed E-state index contributed by atoms with van der Waals surface area (Å²) in [6.07, 6.45) is 4.85. The average Bonchev–Trinajstić information content (AvgIpc) is 3.29. The molecule has 0 radical (unpaired) electrons. The normalized spacial score (nSPS) is 12.1. The van der Waals surface area contributed by atoms with Crippen molar-refractivity contribution in [3.8, 4) is 0 Å². The number of halogens is 1. The molecule has 0 fully saturated rings. The van der Waals surface area contributed by atoms with E-state index in [1.807, 2.05) is 13.8 Å². The molecule has 1 aromatic carbocycles. The number of H-pyrrole nitrogens is 1. The van der Waals surface area contributed by atoms with Gasteiger partial charge in [0.25, 0.3) is 5.56 Å². The van der Waals surface area contributed by atoms with Gasteiger partial charge in [-0.1, -0.05) is 19.9 Å². The highest BCUT2D eigenvalue weighted by molar-refractivity contribution is 5.96. The van der Waals surface area contributed by atoms with Crippen LogP contribution in [0.1, 0.15) is 38.1 Å². The van der Waals surface area contributed by atoms with Gasteiger partial charge in [0.05, 0.1) is 24.7 Å². The van der Waals surface area contributed by atoms with Crippen molar-refractivity contribution in [2.24, 2.45) is 5.92 Å². The molecule has 0 saturated carbocycles. The zero-order chi connectivity index (χ0) is 29.4. The monoisotopic (exact) mass is 554 g/mol. The van der Waals surface area contributed by atoms with E-state index in [2.05, 4.69) is 25.3 Å². The van der Waals surface area contributed by atoms with E-state index in [9.17, 15) is 23.6 Å². The second kappa shape index (κ2) is 13.5. The molecular formula is C28H35FN6O5. The summed E-state index contributed by atoms with van der Waals surface area (Å²) in [5.41, 5.74) is 1.50. The first-order valence-electron chi connectivity index (χ1n) is 12.9. The van der Waals surface area contributed by atoms with Gasteiger partial charge in [-0.2, -0.15) is 0 Å². The molecule has 2 aromatic heterocycles. The Morgan fingerprint density at radius 1 is 1.25 bits per heavy atom. The fourth-order valence-corrected chi connectivity index (χ4v) is 4.08. The Morgan fingerprint density at radius 3 is 2.67 bits per heavy atom. The number of anilines is 1. The maximum absolute atomic E-state index is 14.2. The number of hydrogen-bond acceptors (Lipinski definition) is 6. The van der Waals surface area contributed by atoms with Crippen LogP contribution >= 0.6 is 0 Å². The number of methoxy groups -OCH3 is 1. The molecule has 3 N–H and O–H groups in total. The number of aromatic nitrogens is 3. The summed E-state index contributed by atoms with van der Waals surface area (Å²) < 4.78 is 20.1. The minimum absolute atomic E-state index is 0.00476. The molecule has 0 aliphatic heterocycles. The highest BCUT2D eigenvalue weighted by atomic mass is 19.1. The Labute approximate surface area is 231 Å². The lowest BCUT2D eigenvalue weighted by molar-refractivity contribution is -0.123. The van der Waals surface area contributed by atoms with Crippen LogP contribution in [0.25, 0.3) is 11.0 Å². The van der Waals surface area contributed by atoms with Crippen LogP contribution in [0.2, 0.25) is 0 Å². The smallest absolute Gasteiger partial charge is 0.407 e. The van der Waals surface area contributed by atoms with Gasteiger partial charge >= 0.3 is 6.09 Å². The van der Waals surface area contributed by atoms with Gasteiger partial charge in [0.2, 0.25) is 11.8 Å². The molecule has 11 nitrogen and oxygen atoms in total. The number of nitrogens with zero attached hydrogens (tertiary/aromatic N) is 3. The number of alkyl carbamates (subject to hydrolysis) is 1. The summed E-state index contributed by atoms with van der Waals surface area (Å²) in [6.45, 7) is 4.14. The molecular weight excluding hydrogens is 519 g/mol. The van der Waals surface area contributed by atoms with Gasteiger partial charge in [0.15, 0.2) is 0 Å². The fraction of sp³-hybridized carbons (Fsp3) is 0.393. The van der Waals surface area contributed by atoms with Crippen molar-refractivity contribution in [3.63, 3.8) is 0 Å². The first-order valence-corrected chi connectivity index (χ1v) is 12.9. The quantitative estimate of drug-likeness (QED) is 0.311. The molecule has 12 heteroatoms. The van der Waals surface area contributed by atoms with E-state index in [4.69, 9.17) is 0 Å². The third-order valence-electron chi connectivity index (χ3n) is 6.02. The fourth-order valence-electron chi connectivity index (χ4n) is 4.08. The number of amides is 3. The molecule has 214 valence electrons. The Hall–Kier alpha value is -4.48. The number of nitrogens with one attached hydrogen (secondary N) is 3. The molecule has 1 atom stereocenters. The summed E-state index contributed by atoms with van der Waals surface area (Å²) in [6, 6.07) is 4.88. The van der Waals surface area contributed by atoms with Gasteiger partial charge in [-0.05, 0) is 61.1 Å². The van der Waals surface area contributed by atoms with E-state index in [-0.39, 0.29) is 30.4 Å². The summed E-state index contributed by atoms with van der Waals surface area (Å²) in [7, 11) is 4.41. The van der Waals surface area contributed by atoms with Gasteiger partial charge in [-0.25, -0.2) is 14.2 Å². The number of aromatic amines is 1. The Kier molecular flexibility index (Phi) is 10.2. The van der Waals surface area contributed by atoms with E-state index < -0.39 is 23.6 Å². The van der Waals surface area contributed by atoms with Crippen LogP contribution in [0.4, 0.5) is 14.9 Å². The first-order chi connectivity index (χ1) is 19.0. The summed E-state index contributed by atoms with van der Waals surface area (Å²) in [5.74, 6) is -0.430. The number of pyridine rings is 1. The van der Waals surface area contributed by atoms with Crippen LogP contribution in [-0.2, 0) is 27.3 Å². The van der Waals surface area contributed by atoms with Crippen LogP contribution in [0, 0.1) is 11.7 Å². The standard InChI is InChI=1S/C28H35FN6O5/c1-17(2)13-18-14-19(29)15-22-25(18)33-23(30-22)16-35-12-8-10-21(27(35)38)31-26(37)20(32-28(39)40-5)9-6-7-11-24(36)34(3)4/h7-8,10-12,14-15,17,20H,6,9,13,16H2,1-5H3,(H,30,33)(H,31,37)(H,32,39)/b11-7+. The van der Waals surface area contributed by atoms with Gasteiger partial charge < -0.3 is 29.8 Å². The molecule has 3 aromatic rings. The molecule has 0 bridgehead atoms. The molecule has 3 amide bonds. The Balaban J connectivity index is 1.78. The van der Waals surface area contributed by atoms with Crippen LogP contribution in [-0.4, -0.2) is 64.6 Å². The van der Waals surface area contributed by atoms with E-state index in [1.165, 1.54) is 40.9 Å². The van der Waals surface area contributed by atoms with Gasteiger partial charge in [0.1, 0.15) is 23.4 Å². The number of rotatable bonds is 11. The topological polar surface area (TPSA) is 138 Å². The Morgan fingerprint density at radius 2 is 2.00 bits per heavy atom. The lowest BCUT2D eigenvalue weighted by Gasteiger charge is -2.17. The van der Waals surface area contributed by atoms with Crippen molar-refractivity contribution in [2.45, 2.75) is 45.7 Å². The second-order valence-electron chi connectivity index (χ2n) is 9.99. The highest BCUT2D eigenvalue weighted by Crippen LogP contribution is 2.22. The lowest BCUT2D eigenvalue weighted by atomic mass is 10.0. The molecule has 2 heterocycles. The number of carbonyl (C=O) groups is 3. The number of fused-ring (bicyclic) bond motifs is 1. The second-order valence-corrected chi connectivity index (χ2v) is 9.99. The number of imidazole rings is 1. The maximum atomic E-state index is 14.2. The molecule has 3 rings (SSSR count). The van der Waals surface area contributed by atoms with Crippen molar-refractivity contribution in [1.82, 2.24) is 24.8 Å². The van der Waals surface area contributed by atoms with Crippen LogP contribution in [0.3, 0.4) is 0 Å². The number of carbonyl (C=O) groups excluding carboxylic acids is 3. The van der Waals surface area contributed by atoms with Crippen molar-refractivity contribution in [3.05, 3.63) is 70.2 Å². The molecule has 40 heavy (non-hydrogen) atoms. The van der Waals surface area contributed by atoms with E-state index in [0.29, 0.717) is 35.6 Å². The highest BCUT2D eigenvalue weighted by Gasteiger charge is 2.22. The number of hydrogen-bond donors (Lipinski definition) is 3. The molecule has 0 aliphatic carbocycles. The number of allylic oxidation sites excluding steroid dienone is 1. The van der Waals surface area contributed by atoms with Crippen molar-refractivity contribution in [2.75, 3.05) is 26.5 Å². The molecule has 0 spiro atoms. The predicted octanol–water partition coefficient (Wildman–Crippen LogP) is 3.20. The minimum Gasteiger partial charge on any atom is -0.453 e. The van der Waals surface area contributed by atoms with Gasteiger partial charge in [0, 0.05) is 20.3 Å². The third kappa shape index (κ3) is 8.01. The van der Waals surface area contributed by atoms with E-state index in [0.717, 1.165) is 5.56 Å². The third-order valence-corrected chi connectivity index (χ3v) is 6.02. The minimum atomic E-state index is -1.02. The molecule has 1 unspecified atom stereocenters. The average molecular weight is 555 g/mol. The van der Waals surface area contributed by atoms with E-state index in [1.54, 1.807) is 32.4 Å². The first kappa shape index (κ1) is 30.1. The largest absolute Gasteiger partial charge is 0.453 e. The predicted molar refractivity (Wildman–Crippen MR) is 149 cm³/mol. The summed E-state index contributed by atoms with van der Waals surface area (Å²) in [4.78, 5) is 58.8. The van der Waals surface area contributed by atoms with Crippen molar-refractivity contribution >= 4 is 34.6 Å². The van der Waals surface area contributed by atoms with Crippen LogP contribution < -0.4 is 16.2 Å². The zero-order valence-corrected chi connectivity index (χ0v) is 23.3. The molecule has 0 saturated heterocycles.